The van der Waals surface area contributed by atoms with E-state index in [0.29, 0.717) is 5.15 Å². The summed E-state index contributed by atoms with van der Waals surface area (Å²) in [6, 6.07) is 3.83. The van der Waals surface area contributed by atoms with Crippen LogP contribution in [0.1, 0.15) is 38.5 Å². The average Bonchev–Trinajstić information content (AvgIpc) is 2.77. The molecule has 1 aliphatic rings. The Morgan fingerprint density at radius 2 is 2.19 bits per heavy atom. The van der Waals surface area contributed by atoms with E-state index in [1.54, 1.807) is 6.20 Å². The van der Waals surface area contributed by atoms with Crippen molar-refractivity contribution in [2.45, 2.75) is 38.5 Å². The Kier molecular flexibility index (Phi) is 4.46. The highest BCUT2D eigenvalue weighted by atomic mass is 35.5. The molecule has 0 amide bonds. The molecule has 2 rings (SSSR count). The van der Waals surface area contributed by atoms with Crippen LogP contribution >= 0.6 is 11.6 Å². The third-order valence-electron chi connectivity index (χ3n) is 3.32. The fraction of sp³-hybridized carbons (Fsp3) is 0.615. The molecule has 0 unspecified atom stereocenters. The molecule has 88 valence electrons. The van der Waals surface area contributed by atoms with Crippen molar-refractivity contribution < 1.29 is 0 Å². The van der Waals surface area contributed by atoms with Crippen molar-refractivity contribution in [1.82, 2.24) is 4.98 Å². The van der Waals surface area contributed by atoms with Crippen LogP contribution in [0.4, 0.5) is 5.69 Å². The average molecular weight is 239 g/mol. The highest BCUT2D eigenvalue weighted by molar-refractivity contribution is 6.29. The van der Waals surface area contributed by atoms with Crippen LogP contribution in [0.2, 0.25) is 5.15 Å². The van der Waals surface area contributed by atoms with Gasteiger partial charge in [0.05, 0.1) is 0 Å². The van der Waals surface area contributed by atoms with Crippen molar-refractivity contribution >= 4 is 17.3 Å². The first-order valence-electron chi connectivity index (χ1n) is 6.20. The van der Waals surface area contributed by atoms with Crippen molar-refractivity contribution in [2.24, 2.45) is 5.92 Å². The number of halogens is 1. The van der Waals surface area contributed by atoms with E-state index in [0.717, 1.165) is 18.2 Å². The number of nitrogens with zero attached hydrogens (tertiary/aromatic N) is 1. The molecule has 0 aromatic carbocycles. The van der Waals surface area contributed by atoms with Crippen molar-refractivity contribution in [2.75, 3.05) is 11.9 Å². The maximum absolute atomic E-state index is 5.81. The second-order valence-electron chi connectivity index (χ2n) is 4.59. The highest BCUT2D eigenvalue weighted by Crippen LogP contribution is 2.28. The van der Waals surface area contributed by atoms with Gasteiger partial charge >= 0.3 is 0 Å². The summed E-state index contributed by atoms with van der Waals surface area (Å²) in [4.78, 5) is 3.96. The first-order valence-corrected chi connectivity index (χ1v) is 6.58. The molecule has 1 N–H and O–H groups in total. The molecular formula is C13H19ClN2. The molecule has 1 fully saturated rings. The lowest BCUT2D eigenvalue weighted by molar-refractivity contribution is 0.491. The van der Waals surface area contributed by atoms with Gasteiger partial charge in [0.2, 0.25) is 0 Å². The van der Waals surface area contributed by atoms with Crippen molar-refractivity contribution in [3.05, 3.63) is 23.5 Å². The molecule has 0 bridgehead atoms. The quantitative estimate of drug-likeness (QED) is 0.617. The Morgan fingerprint density at radius 3 is 2.94 bits per heavy atom. The molecule has 1 aromatic rings. The molecule has 16 heavy (non-hydrogen) atoms. The fourth-order valence-corrected chi connectivity index (χ4v) is 2.61. The van der Waals surface area contributed by atoms with E-state index in [-0.39, 0.29) is 0 Å². The number of pyridine rings is 1. The minimum Gasteiger partial charge on any atom is -0.385 e. The normalized spacial score (nSPS) is 16.6. The second-order valence-corrected chi connectivity index (χ2v) is 4.97. The monoisotopic (exact) mass is 238 g/mol. The molecule has 0 aliphatic heterocycles. The number of hydrogen-bond acceptors (Lipinski definition) is 2. The number of aromatic nitrogens is 1. The number of hydrogen-bond donors (Lipinski definition) is 1. The maximum atomic E-state index is 5.81. The lowest BCUT2D eigenvalue weighted by atomic mass is 10.0. The van der Waals surface area contributed by atoms with E-state index in [1.165, 1.54) is 38.5 Å². The Hall–Kier alpha value is -0.760. The molecule has 1 heterocycles. The van der Waals surface area contributed by atoms with E-state index >= 15 is 0 Å². The van der Waals surface area contributed by atoms with E-state index in [2.05, 4.69) is 10.3 Å². The molecule has 0 saturated heterocycles. The first-order chi connectivity index (χ1) is 7.84. The summed E-state index contributed by atoms with van der Waals surface area (Å²) in [6.07, 6.45) is 10.1. The zero-order valence-electron chi connectivity index (χ0n) is 9.58. The molecule has 3 heteroatoms. The largest absolute Gasteiger partial charge is 0.385 e. The summed E-state index contributed by atoms with van der Waals surface area (Å²) in [5.74, 6) is 0.989. The summed E-state index contributed by atoms with van der Waals surface area (Å²) in [6.45, 7) is 1.04. The molecule has 1 aliphatic carbocycles. The van der Waals surface area contributed by atoms with Gasteiger partial charge in [0.15, 0.2) is 0 Å². The van der Waals surface area contributed by atoms with Crippen molar-refractivity contribution in [3.8, 4) is 0 Å². The predicted molar refractivity (Wildman–Crippen MR) is 68.9 cm³/mol. The Balaban J connectivity index is 1.64. The molecule has 0 spiro atoms. The van der Waals surface area contributed by atoms with Crippen LogP contribution in [0.15, 0.2) is 18.3 Å². The van der Waals surface area contributed by atoms with Crippen molar-refractivity contribution in [3.63, 3.8) is 0 Å². The third-order valence-corrected chi connectivity index (χ3v) is 3.53. The lowest BCUT2D eigenvalue weighted by Crippen LogP contribution is -2.04. The fourth-order valence-electron chi connectivity index (χ4n) is 2.43. The van der Waals surface area contributed by atoms with Gasteiger partial charge in [-0.25, -0.2) is 4.98 Å². The van der Waals surface area contributed by atoms with Gasteiger partial charge < -0.3 is 5.32 Å². The molecule has 2 nitrogen and oxygen atoms in total. The Morgan fingerprint density at radius 1 is 1.38 bits per heavy atom. The summed E-state index contributed by atoms with van der Waals surface area (Å²) in [5, 5.41) is 3.94. The zero-order chi connectivity index (χ0) is 11.2. The Bertz CT molecular complexity index is 321. The minimum atomic E-state index is 0.556. The molecular weight excluding hydrogens is 220 g/mol. The van der Waals surface area contributed by atoms with Gasteiger partial charge in [-0.05, 0) is 30.9 Å². The van der Waals surface area contributed by atoms with Crippen LogP contribution in [0, 0.1) is 5.92 Å². The van der Waals surface area contributed by atoms with Gasteiger partial charge in [-0.1, -0.05) is 37.3 Å². The zero-order valence-corrected chi connectivity index (χ0v) is 10.3. The predicted octanol–water partition coefficient (Wildman–Crippen LogP) is 4.12. The van der Waals surface area contributed by atoms with Crippen molar-refractivity contribution in [1.29, 1.82) is 0 Å². The summed E-state index contributed by atoms with van der Waals surface area (Å²) < 4.78 is 0. The van der Waals surface area contributed by atoms with Gasteiger partial charge in [0.1, 0.15) is 5.15 Å². The third kappa shape index (κ3) is 3.67. The lowest BCUT2D eigenvalue weighted by Gasteiger charge is -2.10. The molecule has 1 saturated carbocycles. The molecule has 1 aromatic heterocycles. The minimum absolute atomic E-state index is 0.556. The van der Waals surface area contributed by atoms with Gasteiger partial charge in [0.25, 0.3) is 0 Å². The van der Waals surface area contributed by atoms with E-state index in [4.69, 9.17) is 11.6 Å². The van der Waals surface area contributed by atoms with Crippen LogP contribution in [0.25, 0.3) is 0 Å². The van der Waals surface area contributed by atoms with Gasteiger partial charge in [-0.15, -0.1) is 0 Å². The Labute approximate surface area is 102 Å². The highest BCUT2D eigenvalue weighted by Gasteiger charge is 2.13. The van der Waals surface area contributed by atoms with E-state index in [1.807, 2.05) is 12.1 Å². The standard InChI is InChI=1S/C13H19ClN2/c14-13-10-12(7-9-16-13)15-8-3-6-11-4-1-2-5-11/h7,9-11H,1-6,8H2,(H,15,16). The first kappa shape index (κ1) is 11.7. The SMILES string of the molecule is Clc1cc(NCCCC2CCCC2)ccn1. The van der Waals surface area contributed by atoms with Crippen LogP contribution in [-0.2, 0) is 0 Å². The van der Waals surface area contributed by atoms with Crippen LogP contribution < -0.4 is 5.32 Å². The number of anilines is 1. The summed E-state index contributed by atoms with van der Waals surface area (Å²) >= 11 is 5.81. The number of rotatable bonds is 5. The van der Waals surface area contributed by atoms with Gasteiger partial charge in [-0.2, -0.15) is 0 Å². The van der Waals surface area contributed by atoms with E-state index < -0.39 is 0 Å². The van der Waals surface area contributed by atoms with Crippen LogP contribution in [0.3, 0.4) is 0 Å². The number of nitrogens with one attached hydrogen (secondary N) is 1. The summed E-state index contributed by atoms with van der Waals surface area (Å²) in [7, 11) is 0. The van der Waals surface area contributed by atoms with Gasteiger partial charge in [-0.3, -0.25) is 0 Å². The topological polar surface area (TPSA) is 24.9 Å². The molecule has 0 radical (unpaired) electrons. The van der Waals surface area contributed by atoms with E-state index in [9.17, 15) is 0 Å². The maximum Gasteiger partial charge on any atom is 0.131 e. The second kappa shape index (κ2) is 6.09. The van der Waals surface area contributed by atoms with Gasteiger partial charge in [0, 0.05) is 18.4 Å². The van der Waals surface area contributed by atoms with Crippen LogP contribution in [-0.4, -0.2) is 11.5 Å². The van der Waals surface area contributed by atoms with Crippen LogP contribution in [0.5, 0.6) is 0 Å². The summed E-state index contributed by atoms with van der Waals surface area (Å²) in [5.41, 5.74) is 1.08. The molecule has 0 atom stereocenters. The smallest absolute Gasteiger partial charge is 0.131 e.